The molecule has 1 heterocycles. The van der Waals surface area contributed by atoms with Crippen LogP contribution in [0.15, 0.2) is 48.7 Å². The Bertz CT molecular complexity index is 805. The van der Waals surface area contributed by atoms with E-state index in [4.69, 9.17) is 17.3 Å². The van der Waals surface area contributed by atoms with Crippen LogP contribution < -0.4 is 11.1 Å². The minimum absolute atomic E-state index is 0.161. The lowest BCUT2D eigenvalue weighted by Gasteiger charge is -2.11. The summed E-state index contributed by atoms with van der Waals surface area (Å²) in [5.41, 5.74) is 8.46. The maximum absolute atomic E-state index is 13.5. The Labute approximate surface area is 126 Å². The smallest absolute Gasteiger partial charge is 0.127 e. The number of pyridine rings is 1. The number of rotatable bonds is 3. The highest BCUT2D eigenvalue weighted by molar-refractivity contribution is 6.31. The number of halogens is 2. The quantitative estimate of drug-likeness (QED) is 0.761. The molecule has 0 unspecified atom stereocenters. The van der Waals surface area contributed by atoms with Gasteiger partial charge in [-0.05, 0) is 42.5 Å². The summed E-state index contributed by atoms with van der Waals surface area (Å²) >= 11 is 5.97. The van der Waals surface area contributed by atoms with Gasteiger partial charge < -0.3 is 11.1 Å². The number of fused-ring (bicyclic) bond motifs is 1. The van der Waals surface area contributed by atoms with E-state index in [0.717, 1.165) is 22.3 Å². The maximum atomic E-state index is 13.5. The molecule has 0 saturated heterocycles. The number of benzene rings is 2. The van der Waals surface area contributed by atoms with Crippen molar-refractivity contribution in [2.75, 3.05) is 5.32 Å². The number of nitrogens with two attached hydrogens (primary N) is 1. The topological polar surface area (TPSA) is 50.9 Å². The second-order valence-corrected chi connectivity index (χ2v) is 5.09. The predicted molar refractivity (Wildman–Crippen MR) is 84.3 cm³/mol. The third kappa shape index (κ3) is 2.82. The van der Waals surface area contributed by atoms with E-state index in [-0.39, 0.29) is 12.4 Å². The molecule has 3 N–H and O–H groups in total. The summed E-state index contributed by atoms with van der Waals surface area (Å²) in [6.07, 6.45) is 1.70. The molecule has 1 aromatic heterocycles. The van der Waals surface area contributed by atoms with Crippen molar-refractivity contribution in [2.45, 2.75) is 6.54 Å². The molecular formula is C16H13ClFN3. The normalized spacial score (nSPS) is 10.8. The molecule has 0 amide bonds. The van der Waals surface area contributed by atoms with Crippen LogP contribution in [0.25, 0.3) is 10.9 Å². The van der Waals surface area contributed by atoms with Crippen molar-refractivity contribution in [2.24, 2.45) is 5.73 Å². The fourth-order valence-electron chi connectivity index (χ4n) is 2.19. The van der Waals surface area contributed by atoms with E-state index in [1.165, 1.54) is 6.07 Å². The summed E-state index contributed by atoms with van der Waals surface area (Å²) in [6.45, 7) is 0.161. The Morgan fingerprint density at radius 1 is 1.14 bits per heavy atom. The van der Waals surface area contributed by atoms with Crippen molar-refractivity contribution in [1.29, 1.82) is 0 Å². The zero-order chi connectivity index (χ0) is 14.8. The van der Waals surface area contributed by atoms with Crippen LogP contribution in [-0.4, -0.2) is 4.98 Å². The molecule has 0 fully saturated rings. The van der Waals surface area contributed by atoms with Gasteiger partial charge in [0.15, 0.2) is 0 Å². The summed E-state index contributed by atoms with van der Waals surface area (Å²) in [4.78, 5) is 4.29. The first-order valence-electron chi connectivity index (χ1n) is 6.47. The van der Waals surface area contributed by atoms with Crippen molar-refractivity contribution in [1.82, 2.24) is 4.98 Å². The molecule has 0 aliphatic rings. The second kappa shape index (κ2) is 5.68. The lowest BCUT2D eigenvalue weighted by molar-refractivity contribution is 0.611. The van der Waals surface area contributed by atoms with Gasteiger partial charge in [-0.25, -0.2) is 4.39 Å². The first-order valence-corrected chi connectivity index (χ1v) is 6.85. The number of aromatic nitrogens is 1. The fraction of sp³-hybridized carbons (Fsp3) is 0.0625. The minimum Gasteiger partial charge on any atom is -0.355 e. The van der Waals surface area contributed by atoms with Gasteiger partial charge in [0, 0.05) is 40.1 Å². The molecule has 0 aliphatic heterocycles. The third-order valence-electron chi connectivity index (χ3n) is 3.25. The Morgan fingerprint density at radius 2 is 2.00 bits per heavy atom. The van der Waals surface area contributed by atoms with E-state index in [9.17, 15) is 4.39 Å². The van der Waals surface area contributed by atoms with Gasteiger partial charge in [-0.3, -0.25) is 4.98 Å². The maximum Gasteiger partial charge on any atom is 0.127 e. The highest BCUT2D eigenvalue weighted by Gasteiger charge is 2.05. The number of hydrogen-bond acceptors (Lipinski definition) is 3. The van der Waals surface area contributed by atoms with Crippen LogP contribution in [0.1, 0.15) is 5.56 Å². The molecular weight excluding hydrogens is 289 g/mol. The molecule has 21 heavy (non-hydrogen) atoms. The molecule has 0 saturated carbocycles. The van der Waals surface area contributed by atoms with Gasteiger partial charge in [0.05, 0.1) is 5.52 Å². The first-order chi connectivity index (χ1) is 10.2. The van der Waals surface area contributed by atoms with E-state index in [1.807, 2.05) is 18.2 Å². The van der Waals surface area contributed by atoms with Crippen molar-refractivity contribution in [3.05, 3.63) is 65.1 Å². The van der Waals surface area contributed by atoms with Gasteiger partial charge in [-0.15, -0.1) is 0 Å². The van der Waals surface area contributed by atoms with E-state index in [1.54, 1.807) is 24.4 Å². The zero-order valence-electron chi connectivity index (χ0n) is 11.1. The van der Waals surface area contributed by atoms with Crippen molar-refractivity contribution in [3.63, 3.8) is 0 Å². The van der Waals surface area contributed by atoms with Crippen LogP contribution in [0.3, 0.4) is 0 Å². The lowest BCUT2D eigenvalue weighted by atomic mass is 10.1. The minimum atomic E-state index is -0.297. The predicted octanol–water partition coefficient (Wildman–Crippen LogP) is 4.23. The molecule has 0 atom stereocenters. The van der Waals surface area contributed by atoms with E-state index in [2.05, 4.69) is 10.3 Å². The van der Waals surface area contributed by atoms with Crippen LogP contribution in [0, 0.1) is 5.82 Å². The number of hydrogen-bond donors (Lipinski definition) is 2. The van der Waals surface area contributed by atoms with Crippen LogP contribution in [-0.2, 0) is 6.54 Å². The first kappa shape index (κ1) is 13.8. The van der Waals surface area contributed by atoms with Gasteiger partial charge in [-0.1, -0.05) is 11.6 Å². The average molecular weight is 302 g/mol. The van der Waals surface area contributed by atoms with Crippen molar-refractivity contribution < 1.29 is 4.39 Å². The van der Waals surface area contributed by atoms with Gasteiger partial charge in [-0.2, -0.15) is 0 Å². The van der Waals surface area contributed by atoms with Gasteiger partial charge in [0.2, 0.25) is 0 Å². The van der Waals surface area contributed by atoms with E-state index >= 15 is 0 Å². The summed E-state index contributed by atoms with van der Waals surface area (Å²) in [5, 5.41) is 4.85. The molecule has 0 spiro atoms. The zero-order valence-corrected chi connectivity index (χ0v) is 11.9. The highest BCUT2D eigenvalue weighted by Crippen LogP contribution is 2.27. The highest BCUT2D eigenvalue weighted by atomic mass is 35.5. The largest absolute Gasteiger partial charge is 0.355 e. The monoisotopic (exact) mass is 301 g/mol. The van der Waals surface area contributed by atoms with Crippen LogP contribution in [0.4, 0.5) is 15.8 Å². The van der Waals surface area contributed by atoms with Crippen molar-refractivity contribution in [3.8, 4) is 0 Å². The molecule has 0 aliphatic carbocycles. The molecule has 5 heteroatoms. The van der Waals surface area contributed by atoms with E-state index in [0.29, 0.717) is 10.6 Å². The Morgan fingerprint density at radius 3 is 2.81 bits per heavy atom. The lowest BCUT2D eigenvalue weighted by Crippen LogP contribution is -2.01. The van der Waals surface area contributed by atoms with E-state index < -0.39 is 0 Å². The summed E-state index contributed by atoms with van der Waals surface area (Å²) in [6, 6.07) is 12.2. The second-order valence-electron chi connectivity index (χ2n) is 4.66. The standard InChI is InChI=1S/C16H13ClFN3/c17-11-1-3-13-15(5-6-20-16(13)8-11)21-12-2-4-14(18)10(7-12)9-19/h1-8H,9,19H2,(H,20,21). The van der Waals surface area contributed by atoms with Crippen LogP contribution in [0.5, 0.6) is 0 Å². The summed E-state index contributed by atoms with van der Waals surface area (Å²) < 4.78 is 13.5. The molecule has 0 bridgehead atoms. The molecule has 3 nitrogen and oxygen atoms in total. The Kier molecular flexibility index (Phi) is 3.73. The molecule has 0 radical (unpaired) electrons. The number of nitrogens with one attached hydrogen (secondary N) is 1. The average Bonchev–Trinajstić information content (AvgIpc) is 2.49. The Balaban J connectivity index is 2.02. The third-order valence-corrected chi connectivity index (χ3v) is 3.48. The van der Waals surface area contributed by atoms with Gasteiger partial charge in [0.1, 0.15) is 5.82 Å². The summed E-state index contributed by atoms with van der Waals surface area (Å²) in [5.74, 6) is -0.297. The summed E-state index contributed by atoms with van der Waals surface area (Å²) in [7, 11) is 0. The van der Waals surface area contributed by atoms with Crippen LogP contribution >= 0.6 is 11.6 Å². The fourth-order valence-corrected chi connectivity index (χ4v) is 2.36. The molecule has 2 aromatic carbocycles. The Hall–Kier alpha value is -2.17. The van der Waals surface area contributed by atoms with Crippen LogP contribution in [0.2, 0.25) is 5.02 Å². The SMILES string of the molecule is NCc1cc(Nc2ccnc3cc(Cl)ccc23)ccc1F. The number of anilines is 2. The van der Waals surface area contributed by atoms with Gasteiger partial charge in [0.25, 0.3) is 0 Å². The molecule has 3 rings (SSSR count). The van der Waals surface area contributed by atoms with Crippen molar-refractivity contribution >= 4 is 33.9 Å². The number of nitrogens with zero attached hydrogens (tertiary/aromatic N) is 1. The molecule has 3 aromatic rings. The molecule has 106 valence electrons. The van der Waals surface area contributed by atoms with Gasteiger partial charge >= 0.3 is 0 Å².